The minimum Gasteiger partial charge on any atom is -0.380 e. The van der Waals surface area contributed by atoms with Gasteiger partial charge in [0.25, 0.3) is 0 Å². The number of guanidine groups is 1. The lowest BCUT2D eigenvalue weighted by Gasteiger charge is -2.12. The molecule has 0 radical (unpaired) electrons. The van der Waals surface area contributed by atoms with Gasteiger partial charge in [-0.2, -0.15) is 0 Å². The van der Waals surface area contributed by atoms with Gasteiger partial charge in [-0.3, -0.25) is 0 Å². The standard InChI is InChI=1S/C20H24F3N3O.HI/c1-3-24-20(25-9-8-15-11-17(21)5-7-18(15)22)26-12-14-4-6-19(23)16(10-14)13-27-2;/h4-7,10-11H,3,8-9,12-13H2,1-2H3,(H2,24,25,26);1H. The van der Waals surface area contributed by atoms with Gasteiger partial charge in [0.2, 0.25) is 0 Å². The molecule has 0 aliphatic carbocycles. The number of nitrogens with one attached hydrogen (secondary N) is 2. The summed E-state index contributed by atoms with van der Waals surface area (Å²) in [7, 11) is 1.51. The van der Waals surface area contributed by atoms with Crippen LogP contribution in [0.25, 0.3) is 0 Å². The maximum Gasteiger partial charge on any atom is 0.191 e. The molecule has 0 heterocycles. The lowest BCUT2D eigenvalue weighted by atomic mass is 10.1. The van der Waals surface area contributed by atoms with Crippen LogP contribution in [0, 0.1) is 17.5 Å². The van der Waals surface area contributed by atoms with E-state index in [9.17, 15) is 13.2 Å². The topological polar surface area (TPSA) is 45.7 Å². The zero-order chi connectivity index (χ0) is 19.6. The van der Waals surface area contributed by atoms with Gasteiger partial charge in [-0.15, -0.1) is 24.0 Å². The molecule has 8 heteroatoms. The normalized spacial score (nSPS) is 11.1. The second-order valence-corrected chi connectivity index (χ2v) is 5.97. The fraction of sp³-hybridized carbons (Fsp3) is 0.350. The molecular weight excluding hydrogens is 482 g/mol. The summed E-state index contributed by atoms with van der Waals surface area (Å²) < 4.78 is 45.5. The maximum absolute atomic E-state index is 13.7. The summed E-state index contributed by atoms with van der Waals surface area (Å²) in [4.78, 5) is 4.45. The molecule has 0 saturated heterocycles. The van der Waals surface area contributed by atoms with E-state index in [1.54, 1.807) is 12.1 Å². The Morgan fingerprint density at radius 3 is 2.43 bits per heavy atom. The molecule has 0 aliphatic rings. The van der Waals surface area contributed by atoms with Gasteiger partial charge in [0.05, 0.1) is 13.2 Å². The smallest absolute Gasteiger partial charge is 0.191 e. The van der Waals surface area contributed by atoms with Gasteiger partial charge in [-0.1, -0.05) is 6.07 Å². The van der Waals surface area contributed by atoms with E-state index in [0.717, 1.165) is 17.7 Å². The monoisotopic (exact) mass is 507 g/mol. The summed E-state index contributed by atoms with van der Waals surface area (Å²) >= 11 is 0. The molecule has 0 fully saturated rings. The van der Waals surface area contributed by atoms with E-state index in [4.69, 9.17) is 4.74 Å². The number of halogens is 4. The van der Waals surface area contributed by atoms with Gasteiger partial charge < -0.3 is 15.4 Å². The van der Waals surface area contributed by atoms with E-state index in [-0.39, 0.29) is 36.4 Å². The quantitative estimate of drug-likeness (QED) is 0.321. The molecule has 4 nitrogen and oxygen atoms in total. The number of hydrogen-bond donors (Lipinski definition) is 2. The number of nitrogens with zero attached hydrogens (tertiary/aromatic N) is 1. The molecule has 2 aromatic carbocycles. The average Bonchev–Trinajstić information content (AvgIpc) is 2.65. The lowest BCUT2D eigenvalue weighted by molar-refractivity contribution is 0.181. The van der Waals surface area contributed by atoms with Crippen molar-refractivity contribution in [3.8, 4) is 0 Å². The van der Waals surface area contributed by atoms with Crippen molar-refractivity contribution in [3.05, 3.63) is 70.5 Å². The van der Waals surface area contributed by atoms with Gasteiger partial charge in [-0.05, 0) is 54.8 Å². The summed E-state index contributed by atoms with van der Waals surface area (Å²) in [5, 5.41) is 6.18. The minimum absolute atomic E-state index is 0. The van der Waals surface area contributed by atoms with Crippen LogP contribution in [0.4, 0.5) is 13.2 Å². The van der Waals surface area contributed by atoms with Gasteiger partial charge >= 0.3 is 0 Å². The van der Waals surface area contributed by atoms with Crippen LogP contribution in [0.3, 0.4) is 0 Å². The summed E-state index contributed by atoms with van der Waals surface area (Å²) in [5.74, 6) is -0.661. The first kappa shape index (κ1) is 24.2. The minimum atomic E-state index is -0.463. The Kier molecular flexibility index (Phi) is 10.9. The molecule has 0 spiro atoms. The van der Waals surface area contributed by atoms with Crippen molar-refractivity contribution in [3.63, 3.8) is 0 Å². The molecule has 154 valence electrons. The highest BCUT2D eigenvalue weighted by Crippen LogP contribution is 2.13. The zero-order valence-electron chi connectivity index (χ0n) is 15.9. The largest absolute Gasteiger partial charge is 0.380 e. The van der Waals surface area contributed by atoms with E-state index < -0.39 is 11.6 Å². The summed E-state index contributed by atoms with van der Waals surface area (Å²) in [6.07, 6.45) is 0.322. The van der Waals surface area contributed by atoms with Crippen molar-refractivity contribution >= 4 is 29.9 Å². The Balaban J connectivity index is 0.00000392. The van der Waals surface area contributed by atoms with Gasteiger partial charge in [0.15, 0.2) is 5.96 Å². The van der Waals surface area contributed by atoms with Crippen molar-refractivity contribution in [2.45, 2.75) is 26.5 Å². The first-order valence-electron chi connectivity index (χ1n) is 8.75. The predicted octanol–water partition coefficient (Wildman–Crippen LogP) is 4.17. The highest BCUT2D eigenvalue weighted by atomic mass is 127. The van der Waals surface area contributed by atoms with E-state index in [0.29, 0.717) is 43.1 Å². The van der Waals surface area contributed by atoms with E-state index in [1.807, 2.05) is 6.92 Å². The summed E-state index contributed by atoms with van der Waals surface area (Å²) in [6.45, 7) is 3.52. The number of methoxy groups -OCH3 is 1. The molecule has 2 N–H and O–H groups in total. The third-order valence-electron chi connectivity index (χ3n) is 3.87. The van der Waals surface area contributed by atoms with Gasteiger partial charge in [0.1, 0.15) is 17.5 Å². The molecule has 0 aliphatic heterocycles. The summed E-state index contributed by atoms with van der Waals surface area (Å²) in [5.41, 5.74) is 1.63. The molecule has 2 rings (SSSR count). The van der Waals surface area contributed by atoms with Crippen LogP contribution in [-0.4, -0.2) is 26.2 Å². The van der Waals surface area contributed by atoms with Crippen LogP contribution in [0.5, 0.6) is 0 Å². The molecule has 0 unspecified atom stereocenters. The molecule has 0 saturated carbocycles. The molecule has 28 heavy (non-hydrogen) atoms. The van der Waals surface area contributed by atoms with Crippen LogP contribution in [0.15, 0.2) is 41.4 Å². The third kappa shape index (κ3) is 7.67. The Hall–Kier alpha value is -1.81. The average molecular weight is 507 g/mol. The summed E-state index contributed by atoms with van der Waals surface area (Å²) in [6, 6.07) is 8.19. The van der Waals surface area contributed by atoms with Crippen LogP contribution >= 0.6 is 24.0 Å². The molecular formula is C20H25F3IN3O. The maximum atomic E-state index is 13.7. The highest BCUT2D eigenvalue weighted by Gasteiger charge is 2.06. The Labute approximate surface area is 180 Å². The number of aliphatic imine (C=N–C) groups is 1. The Bertz CT molecular complexity index is 787. The van der Waals surface area contributed by atoms with Crippen molar-refractivity contribution in [2.24, 2.45) is 4.99 Å². The lowest BCUT2D eigenvalue weighted by Crippen LogP contribution is -2.38. The molecule has 0 amide bonds. The number of ether oxygens (including phenoxy) is 1. The SMILES string of the molecule is CCNC(=NCc1ccc(F)c(COC)c1)NCCc1cc(F)ccc1F.I. The second kappa shape index (κ2) is 12.6. The third-order valence-corrected chi connectivity index (χ3v) is 3.87. The number of benzene rings is 2. The first-order valence-corrected chi connectivity index (χ1v) is 8.75. The van der Waals surface area contributed by atoms with E-state index in [1.165, 1.54) is 19.2 Å². The van der Waals surface area contributed by atoms with Crippen molar-refractivity contribution in [1.82, 2.24) is 10.6 Å². The van der Waals surface area contributed by atoms with Gasteiger partial charge in [-0.25, -0.2) is 18.2 Å². The van der Waals surface area contributed by atoms with Crippen LogP contribution < -0.4 is 10.6 Å². The Morgan fingerprint density at radius 1 is 1.00 bits per heavy atom. The Morgan fingerprint density at radius 2 is 1.71 bits per heavy atom. The first-order chi connectivity index (χ1) is 13.0. The number of hydrogen-bond acceptors (Lipinski definition) is 2. The highest BCUT2D eigenvalue weighted by molar-refractivity contribution is 14.0. The van der Waals surface area contributed by atoms with Crippen molar-refractivity contribution < 1.29 is 17.9 Å². The van der Waals surface area contributed by atoms with Crippen LogP contribution in [-0.2, 0) is 24.3 Å². The fourth-order valence-electron chi connectivity index (χ4n) is 2.56. The predicted molar refractivity (Wildman–Crippen MR) is 115 cm³/mol. The van der Waals surface area contributed by atoms with Crippen LogP contribution in [0.2, 0.25) is 0 Å². The second-order valence-electron chi connectivity index (χ2n) is 5.97. The van der Waals surface area contributed by atoms with Crippen LogP contribution in [0.1, 0.15) is 23.6 Å². The van der Waals surface area contributed by atoms with Gasteiger partial charge in [0, 0.05) is 25.8 Å². The van der Waals surface area contributed by atoms with E-state index in [2.05, 4.69) is 15.6 Å². The zero-order valence-corrected chi connectivity index (χ0v) is 18.2. The fourth-order valence-corrected chi connectivity index (χ4v) is 2.56. The van der Waals surface area contributed by atoms with Crippen molar-refractivity contribution in [2.75, 3.05) is 20.2 Å². The molecule has 0 aromatic heterocycles. The molecule has 0 bridgehead atoms. The molecule has 2 aromatic rings. The number of rotatable bonds is 8. The van der Waals surface area contributed by atoms with Crippen molar-refractivity contribution in [1.29, 1.82) is 0 Å². The molecule has 0 atom stereocenters. The van der Waals surface area contributed by atoms with E-state index >= 15 is 0 Å².